The predicted molar refractivity (Wildman–Crippen MR) is 115 cm³/mol. The Kier molecular flexibility index (Phi) is 5.41. The molecule has 0 spiro atoms. The number of pyridine rings is 1. The van der Waals surface area contributed by atoms with Gasteiger partial charge in [0.15, 0.2) is 10.1 Å². The molecule has 0 radical (unpaired) electrons. The van der Waals surface area contributed by atoms with Gasteiger partial charge in [-0.1, -0.05) is 43.0 Å². The lowest BCUT2D eigenvalue weighted by Crippen LogP contribution is -2.32. The molecule has 1 aliphatic rings. The number of amides is 1. The number of aromatic amines is 1. The summed E-state index contributed by atoms with van der Waals surface area (Å²) in [7, 11) is 0. The number of aromatic nitrogens is 3. The van der Waals surface area contributed by atoms with Crippen LogP contribution in [0.2, 0.25) is 0 Å². The van der Waals surface area contributed by atoms with E-state index in [9.17, 15) is 14.4 Å². The van der Waals surface area contributed by atoms with E-state index in [0.717, 1.165) is 10.1 Å². The SMILES string of the molecule is CC1(C)CC(=O)c2cc(C(=O)Nc3nnc(SCc4cccs4)s3)c(=O)[nH]c2C1. The van der Waals surface area contributed by atoms with Crippen LogP contribution in [0.15, 0.2) is 32.7 Å². The standard InChI is InChI=1S/C19H18N4O3S3/c1-19(2)7-13-11(14(24)8-19)6-12(15(25)20-13)16(26)21-17-22-23-18(29-17)28-9-10-4-3-5-27-10/h3-6H,7-9H2,1-2H3,(H,20,25)(H,21,22,26). The van der Waals surface area contributed by atoms with E-state index < -0.39 is 11.5 Å². The van der Waals surface area contributed by atoms with Gasteiger partial charge in [-0.05, 0) is 29.3 Å². The summed E-state index contributed by atoms with van der Waals surface area (Å²) in [4.78, 5) is 41.4. The summed E-state index contributed by atoms with van der Waals surface area (Å²) in [5, 5.41) is 13.0. The summed E-state index contributed by atoms with van der Waals surface area (Å²) in [6.07, 6.45) is 0.973. The van der Waals surface area contributed by atoms with Crippen molar-refractivity contribution < 1.29 is 9.59 Å². The van der Waals surface area contributed by atoms with Crippen molar-refractivity contribution in [3.8, 4) is 0 Å². The lowest BCUT2D eigenvalue weighted by Gasteiger charge is -2.29. The van der Waals surface area contributed by atoms with Gasteiger partial charge in [0, 0.05) is 28.3 Å². The highest BCUT2D eigenvalue weighted by atomic mass is 32.2. The zero-order chi connectivity index (χ0) is 20.6. The van der Waals surface area contributed by atoms with E-state index in [1.807, 2.05) is 31.4 Å². The van der Waals surface area contributed by atoms with Gasteiger partial charge in [0.05, 0.1) is 0 Å². The first-order valence-electron chi connectivity index (χ1n) is 8.90. The van der Waals surface area contributed by atoms with Gasteiger partial charge in [-0.3, -0.25) is 19.7 Å². The number of Topliss-reactive ketones (excluding diaryl/α,β-unsaturated/α-hetero) is 1. The molecule has 10 heteroatoms. The van der Waals surface area contributed by atoms with Crippen molar-refractivity contribution in [3.63, 3.8) is 0 Å². The molecular formula is C19H18N4O3S3. The molecule has 0 saturated carbocycles. The molecule has 0 saturated heterocycles. The number of thiophene rings is 1. The minimum atomic E-state index is -0.599. The number of H-pyrrole nitrogens is 1. The van der Waals surface area contributed by atoms with Crippen LogP contribution in [-0.4, -0.2) is 26.9 Å². The predicted octanol–water partition coefficient (Wildman–Crippen LogP) is 3.99. The Balaban J connectivity index is 1.49. The number of nitrogens with zero attached hydrogens (tertiary/aromatic N) is 2. The minimum absolute atomic E-state index is 0.0651. The zero-order valence-electron chi connectivity index (χ0n) is 15.8. The third-order valence-electron chi connectivity index (χ3n) is 4.51. The second-order valence-electron chi connectivity index (χ2n) is 7.54. The number of rotatable bonds is 5. The van der Waals surface area contributed by atoms with Crippen LogP contribution >= 0.6 is 34.4 Å². The summed E-state index contributed by atoms with van der Waals surface area (Å²) in [5.74, 6) is 0.116. The third kappa shape index (κ3) is 4.49. The average molecular weight is 447 g/mol. The van der Waals surface area contributed by atoms with Crippen molar-refractivity contribution in [1.82, 2.24) is 15.2 Å². The van der Waals surface area contributed by atoms with Crippen LogP contribution in [-0.2, 0) is 12.2 Å². The van der Waals surface area contributed by atoms with Gasteiger partial charge in [-0.25, -0.2) is 0 Å². The topological polar surface area (TPSA) is 105 Å². The fourth-order valence-electron chi connectivity index (χ4n) is 3.21. The van der Waals surface area contributed by atoms with E-state index in [4.69, 9.17) is 0 Å². The molecule has 2 N–H and O–H groups in total. The fourth-order valence-corrected chi connectivity index (χ4v) is 5.73. The maximum Gasteiger partial charge on any atom is 0.263 e. The van der Waals surface area contributed by atoms with Crippen molar-refractivity contribution in [2.45, 2.75) is 36.8 Å². The number of hydrogen-bond acceptors (Lipinski definition) is 8. The molecule has 3 aromatic rings. The number of nitrogens with one attached hydrogen (secondary N) is 2. The van der Waals surface area contributed by atoms with Gasteiger partial charge < -0.3 is 4.98 Å². The molecule has 7 nitrogen and oxygen atoms in total. The van der Waals surface area contributed by atoms with Crippen LogP contribution in [0, 0.1) is 5.41 Å². The Morgan fingerprint density at radius 3 is 2.90 bits per heavy atom. The normalized spacial score (nSPS) is 15.2. The summed E-state index contributed by atoms with van der Waals surface area (Å²) in [6.45, 7) is 3.96. The van der Waals surface area contributed by atoms with E-state index in [0.29, 0.717) is 29.2 Å². The zero-order valence-corrected chi connectivity index (χ0v) is 18.2. The molecule has 3 heterocycles. The van der Waals surface area contributed by atoms with Gasteiger partial charge in [-0.2, -0.15) is 0 Å². The summed E-state index contributed by atoms with van der Waals surface area (Å²) < 4.78 is 0.727. The second kappa shape index (κ2) is 7.85. The number of fused-ring (bicyclic) bond motifs is 1. The monoisotopic (exact) mass is 446 g/mol. The van der Waals surface area contributed by atoms with E-state index in [2.05, 4.69) is 20.5 Å². The summed E-state index contributed by atoms with van der Waals surface area (Å²) >= 11 is 4.45. The molecular weight excluding hydrogens is 428 g/mol. The molecule has 150 valence electrons. The van der Waals surface area contributed by atoms with Gasteiger partial charge >= 0.3 is 0 Å². The molecule has 4 rings (SSSR count). The Morgan fingerprint density at radius 1 is 1.31 bits per heavy atom. The van der Waals surface area contributed by atoms with Crippen molar-refractivity contribution in [2.75, 3.05) is 5.32 Å². The molecule has 0 aromatic carbocycles. The Labute approximate surface area is 179 Å². The number of thioether (sulfide) groups is 1. The molecule has 0 unspecified atom stereocenters. The quantitative estimate of drug-likeness (QED) is 0.454. The van der Waals surface area contributed by atoms with Crippen molar-refractivity contribution in [1.29, 1.82) is 0 Å². The van der Waals surface area contributed by atoms with Crippen molar-refractivity contribution in [2.24, 2.45) is 5.41 Å². The highest BCUT2D eigenvalue weighted by Crippen LogP contribution is 2.33. The summed E-state index contributed by atoms with van der Waals surface area (Å²) in [6, 6.07) is 5.44. The smallest absolute Gasteiger partial charge is 0.263 e. The van der Waals surface area contributed by atoms with Crippen molar-refractivity contribution in [3.05, 3.63) is 55.6 Å². The number of anilines is 1. The highest BCUT2D eigenvalue weighted by molar-refractivity contribution is 8.00. The maximum atomic E-state index is 12.6. The highest BCUT2D eigenvalue weighted by Gasteiger charge is 2.32. The van der Waals surface area contributed by atoms with Crippen molar-refractivity contribution >= 4 is 51.3 Å². The number of ketones is 1. The first kappa shape index (κ1) is 20.0. The maximum absolute atomic E-state index is 12.6. The molecule has 3 aromatic heterocycles. The molecule has 0 bridgehead atoms. The van der Waals surface area contributed by atoms with Crippen LogP contribution in [0.25, 0.3) is 0 Å². The van der Waals surface area contributed by atoms with Crippen LogP contribution in [0.3, 0.4) is 0 Å². The lowest BCUT2D eigenvalue weighted by atomic mass is 9.75. The Hall–Kier alpha value is -2.30. The van der Waals surface area contributed by atoms with Gasteiger partial charge in [0.2, 0.25) is 5.13 Å². The second-order valence-corrected chi connectivity index (χ2v) is 10.8. The third-order valence-corrected chi connectivity index (χ3v) is 7.59. The Bertz CT molecular complexity index is 1130. The van der Waals surface area contributed by atoms with Crippen LogP contribution in [0.4, 0.5) is 5.13 Å². The van der Waals surface area contributed by atoms with E-state index in [1.165, 1.54) is 34.0 Å². The Morgan fingerprint density at radius 2 is 2.14 bits per heavy atom. The lowest BCUT2D eigenvalue weighted by molar-refractivity contribution is 0.0910. The number of hydrogen-bond donors (Lipinski definition) is 2. The molecule has 0 fully saturated rings. The van der Waals surface area contributed by atoms with E-state index in [1.54, 1.807) is 11.3 Å². The summed E-state index contributed by atoms with van der Waals surface area (Å²) in [5.41, 5.74) is 0.193. The van der Waals surface area contributed by atoms with Gasteiger partial charge in [0.25, 0.3) is 11.5 Å². The van der Waals surface area contributed by atoms with Crippen LogP contribution in [0.1, 0.15) is 51.6 Å². The molecule has 29 heavy (non-hydrogen) atoms. The van der Waals surface area contributed by atoms with Crippen LogP contribution < -0.4 is 10.9 Å². The van der Waals surface area contributed by atoms with Gasteiger partial charge in [0.1, 0.15) is 5.56 Å². The first-order valence-corrected chi connectivity index (χ1v) is 11.6. The average Bonchev–Trinajstić information content (AvgIpc) is 3.30. The largest absolute Gasteiger partial charge is 0.325 e. The molecule has 1 aliphatic carbocycles. The fraction of sp³-hybridized carbons (Fsp3) is 0.316. The van der Waals surface area contributed by atoms with E-state index >= 15 is 0 Å². The minimum Gasteiger partial charge on any atom is -0.325 e. The molecule has 0 atom stereocenters. The van der Waals surface area contributed by atoms with E-state index in [-0.39, 0.29) is 16.8 Å². The first-order chi connectivity index (χ1) is 13.8. The molecule has 0 aliphatic heterocycles. The number of carbonyl (C=O) groups is 2. The number of carbonyl (C=O) groups excluding carboxylic acids is 2. The van der Waals surface area contributed by atoms with Crippen LogP contribution in [0.5, 0.6) is 0 Å². The molecule has 1 amide bonds. The van der Waals surface area contributed by atoms with Gasteiger partial charge in [-0.15, -0.1) is 21.5 Å².